The number of carbonyl (C=O) groups excluding carboxylic acids is 1. The number of benzene rings is 1. The first-order chi connectivity index (χ1) is 14.3. The molecule has 0 spiro atoms. The molecular weight excluding hydrogens is 386 g/mol. The van der Waals surface area contributed by atoms with Crippen LogP contribution in [0.2, 0.25) is 0 Å². The highest BCUT2D eigenvalue weighted by Gasteiger charge is 2.27. The summed E-state index contributed by atoms with van der Waals surface area (Å²) in [6.07, 6.45) is 2.86. The summed E-state index contributed by atoms with van der Waals surface area (Å²) in [4.78, 5) is 28.2. The fraction of sp³-hybridized carbons (Fsp3) is 0.333. The minimum absolute atomic E-state index is 0.127. The van der Waals surface area contributed by atoms with Crippen molar-refractivity contribution in [1.82, 2.24) is 25.0 Å². The van der Waals surface area contributed by atoms with Crippen LogP contribution in [0, 0.1) is 0 Å². The molecule has 1 atom stereocenters. The quantitative estimate of drug-likeness (QED) is 0.540. The van der Waals surface area contributed by atoms with Crippen LogP contribution in [0.4, 0.5) is 0 Å². The van der Waals surface area contributed by atoms with Gasteiger partial charge in [0.15, 0.2) is 0 Å². The summed E-state index contributed by atoms with van der Waals surface area (Å²) in [5.74, 6) is 2.44. The molecule has 4 heterocycles. The minimum atomic E-state index is 0.127. The average molecular weight is 407 g/mol. The van der Waals surface area contributed by atoms with Gasteiger partial charge >= 0.3 is 0 Å². The first-order valence-corrected chi connectivity index (χ1v) is 10.7. The highest BCUT2D eigenvalue weighted by Crippen LogP contribution is 2.27. The molecule has 0 radical (unpaired) electrons. The monoisotopic (exact) mass is 407 g/mol. The van der Waals surface area contributed by atoms with Crippen LogP contribution in [-0.4, -0.2) is 44.0 Å². The second kappa shape index (κ2) is 7.79. The zero-order valence-corrected chi connectivity index (χ0v) is 16.7. The van der Waals surface area contributed by atoms with E-state index in [1.54, 1.807) is 11.3 Å². The Kier molecular flexibility index (Phi) is 4.85. The fourth-order valence-corrected chi connectivity index (χ4v) is 4.48. The van der Waals surface area contributed by atoms with Gasteiger partial charge in [0.2, 0.25) is 17.6 Å². The Morgan fingerprint density at radius 2 is 2.17 bits per heavy atom. The number of fused-ring (bicyclic) bond motifs is 1. The number of nitrogens with one attached hydrogen (secondary N) is 1. The summed E-state index contributed by atoms with van der Waals surface area (Å²) in [6.45, 7) is 1.49. The first-order valence-electron chi connectivity index (χ1n) is 9.85. The fourth-order valence-electron chi connectivity index (χ4n) is 3.83. The van der Waals surface area contributed by atoms with Gasteiger partial charge in [0, 0.05) is 31.8 Å². The molecule has 0 aliphatic carbocycles. The maximum atomic E-state index is 12.8. The molecule has 29 heavy (non-hydrogen) atoms. The number of aromatic nitrogens is 4. The van der Waals surface area contributed by atoms with Gasteiger partial charge < -0.3 is 14.4 Å². The van der Waals surface area contributed by atoms with E-state index in [4.69, 9.17) is 9.51 Å². The second-order valence-electron chi connectivity index (χ2n) is 7.31. The summed E-state index contributed by atoms with van der Waals surface area (Å²) >= 11 is 1.57. The molecule has 148 valence electrons. The summed E-state index contributed by atoms with van der Waals surface area (Å²) in [5.41, 5.74) is 2.02. The van der Waals surface area contributed by atoms with Gasteiger partial charge in [0.1, 0.15) is 5.82 Å². The minimum Gasteiger partial charge on any atom is -0.342 e. The van der Waals surface area contributed by atoms with Crippen molar-refractivity contribution >= 4 is 28.3 Å². The zero-order valence-electron chi connectivity index (χ0n) is 15.9. The second-order valence-corrected chi connectivity index (χ2v) is 8.25. The summed E-state index contributed by atoms with van der Waals surface area (Å²) in [6, 6.07) is 11.9. The number of amides is 1. The molecule has 1 saturated heterocycles. The number of H-pyrrole nitrogens is 1. The van der Waals surface area contributed by atoms with Crippen LogP contribution >= 0.6 is 11.3 Å². The van der Waals surface area contributed by atoms with Gasteiger partial charge in [-0.3, -0.25) is 4.79 Å². The Hall–Kier alpha value is -3.00. The number of likely N-dealkylation sites (tertiary alicyclic amines) is 1. The Labute approximate surface area is 171 Å². The van der Waals surface area contributed by atoms with Crippen LogP contribution in [0.5, 0.6) is 0 Å². The lowest BCUT2D eigenvalue weighted by Crippen LogP contribution is -2.39. The predicted octanol–water partition coefficient (Wildman–Crippen LogP) is 4.01. The summed E-state index contributed by atoms with van der Waals surface area (Å²) in [5, 5.41) is 5.98. The van der Waals surface area contributed by atoms with Crippen molar-refractivity contribution in [2.24, 2.45) is 0 Å². The van der Waals surface area contributed by atoms with Crippen LogP contribution in [0.15, 0.2) is 46.3 Å². The third-order valence-corrected chi connectivity index (χ3v) is 6.20. The van der Waals surface area contributed by atoms with E-state index in [9.17, 15) is 4.79 Å². The molecule has 7 nitrogen and oxygen atoms in total. The number of hydrogen-bond donors (Lipinski definition) is 1. The van der Waals surface area contributed by atoms with Crippen molar-refractivity contribution in [3.63, 3.8) is 0 Å². The molecule has 1 amide bonds. The van der Waals surface area contributed by atoms with Crippen LogP contribution < -0.4 is 0 Å². The number of carbonyl (C=O) groups is 1. The number of rotatable bonds is 5. The van der Waals surface area contributed by atoms with Crippen molar-refractivity contribution in [3.05, 3.63) is 53.5 Å². The van der Waals surface area contributed by atoms with E-state index in [2.05, 4.69) is 15.1 Å². The lowest BCUT2D eigenvalue weighted by atomic mass is 9.97. The van der Waals surface area contributed by atoms with Crippen LogP contribution in [0.1, 0.15) is 36.9 Å². The van der Waals surface area contributed by atoms with Gasteiger partial charge in [0.05, 0.1) is 15.9 Å². The van der Waals surface area contributed by atoms with Crippen molar-refractivity contribution in [2.75, 3.05) is 13.1 Å². The molecule has 1 aliphatic heterocycles. The Morgan fingerprint density at radius 1 is 1.24 bits per heavy atom. The Balaban J connectivity index is 1.21. The SMILES string of the molecule is O=C(CCc1nc(-c2cccs2)no1)N1CCCC(c2nc3ccccc3[nH]2)C1. The number of hydrogen-bond acceptors (Lipinski definition) is 6. The topological polar surface area (TPSA) is 87.9 Å². The van der Waals surface area contributed by atoms with Crippen molar-refractivity contribution < 1.29 is 9.32 Å². The molecule has 5 rings (SSSR count). The van der Waals surface area contributed by atoms with Gasteiger partial charge in [-0.1, -0.05) is 23.4 Å². The molecule has 0 bridgehead atoms. The lowest BCUT2D eigenvalue weighted by Gasteiger charge is -2.31. The van der Waals surface area contributed by atoms with E-state index in [1.807, 2.05) is 46.7 Å². The van der Waals surface area contributed by atoms with E-state index in [0.717, 1.165) is 41.1 Å². The first kappa shape index (κ1) is 18.1. The van der Waals surface area contributed by atoms with Gasteiger partial charge in [-0.05, 0) is 36.4 Å². The number of aryl methyl sites for hydroxylation is 1. The largest absolute Gasteiger partial charge is 0.342 e. The molecule has 1 fully saturated rings. The van der Waals surface area contributed by atoms with Crippen LogP contribution in [-0.2, 0) is 11.2 Å². The van der Waals surface area contributed by atoms with E-state index in [1.165, 1.54) is 0 Å². The maximum absolute atomic E-state index is 12.8. The zero-order chi connectivity index (χ0) is 19.6. The van der Waals surface area contributed by atoms with Gasteiger partial charge in [-0.2, -0.15) is 4.98 Å². The highest BCUT2D eigenvalue weighted by molar-refractivity contribution is 7.13. The maximum Gasteiger partial charge on any atom is 0.227 e. The Bertz CT molecular complexity index is 1080. The van der Waals surface area contributed by atoms with Gasteiger partial charge in [-0.25, -0.2) is 4.98 Å². The summed E-state index contributed by atoms with van der Waals surface area (Å²) < 4.78 is 5.31. The van der Waals surface area contributed by atoms with Crippen molar-refractivity contribution in [1.29, 1.82) is 0 Å². The number of piperidine rings is 1. The molecule has 8 heteroatoms. The molecule has 1 N–H and O–H groups in total. The van der Waals surface area contributed by atoms with Gasteiger partial charge in [-0.15, -0.1) is 11.3 Å². The van der Waals surface area contributed by atoms with Crippen LogP contribution in [0.3, 0.4) is 0 Å². The Morgan fingerprint density at radius 3 is 3.03 bits per heavy atom. The third-order valence-electron chi connectivity index (χ3n) is 5.33. The number of imidazole rings is 1. The van der Waals surface area contributed by atoms with Crippen LogP contribution in [0.25, 0.3) is 21.7 Å². The van der Waals surface area contributed by atoms with E-state index in [-0.39, 0.29) is 11.8 Å². The molecule has 0 saturated carbocycles. The molecule has 4 aromatic rings. The van der Waals surface area contributed by atoms with Crippen molar-refractivity contribution in [3.8, 4) is 10.7 Å². The highest BCUT2D eigenvalue weighted by atomic mass is 32.1. The molecule has 1 unspecified atom stereocenters. The van der Waals surface area contributed by atoms with E-state index < -0.39 is 0 Å². The summed E-state index contributed by atoms with van der Waals surface area (Å²) in [7, 11) is 0. The molecule has 3 aromatic heterocycles. The van der Waals surface area contributed by atoms with Crippen molar-refractivity contribution in [2.45, 2.75) is 31.6 Å². The van der Waals surface area contributed by atoms with Gasteiger partial charge in [0.25, 0.3) is 0 Å². The number of thiophene rings is 1. The smallest absolute Gasteiger partial charge is 0.227 e. The molecule has 1 aromatic carbocycles. The average Bonchev–Trinajstić information content (AvgIpc) is 3.52. The number of para-hydroxylation sites is 2. The van der Waals surface area contributed by atoms with E-state index in [0.29, 0.717) is 31.1 Å². The third kappa shape index (κ3) is 3.80. The molecular formula is C21H21N5O2S. The molecule has 1 aliphatic rings. The number of nitrogens with zero attached hydrogens (tertiary/aromatic N) is 4. The lowest BCUT2D eigenvalue weighted by molar-refractivity contribution is -0.132. The number of aromatic amines is 1. The van der Waals surface area contributed by atoms with E-state index >= 15 is 0 Å². The standard InChI is InChI=1S/C21H21N5O2S/c27-19(10-9-18-24-21(25-28-18)17-8-4-12-29-17)26-11-3-5-14(13-26)20-22-15-6-1-2-7-16(15)23-20/h1-2,4,6-8,12,14H,3,5,9-11,13H2,(H,22,23). The predicted molar refractivity (Wildman–Crippen MR) is 111 cm³/mol. The normalized spacial score (nSPS) is 17.1.